The zero-order valence-electron chi connectivity index (χ0n) is 59.3. The molecule has 0 radical (unpaired) electrons. The van der Waals surface area contributed by atoms with E-state index >= 15 is 0 Å². The molecule has 0 saturated carbocycles. The lowest BCUT2D eigenvalue weighted by atomic mass is 9.97. The maximum atomic E-state index is 13.4. The van der Waals surface area contributed by atoms with Crippen molar-refractivity contribution in [3.05, 3.63) is 36.5 Å². The van der Waals surface area contributed by atoms with Gasteiger partial charge in [-0.2, -0.15) is 0 Å². The van der Waals surface area contributed by atoms with Gasteiger partial charge in [-0.25, -0.2) is 0 Å². The Morgan fingerprint density at radius 2 is 0.696 bits per heavy atom. The van der Waals surface area contributed by atoms with Gasteiger partial charge in [-0.1, -0.05) is 346 Å². The molecule has 14 nitrogen and oxygen atoms in total. The van der Waals surface area contributed by atoms with Crippen LogP contribution in [-0.4, -0.2) is 140 Å². The van der Waals surface area contributed by atoms with E-state index in [9.17, 15) is 45.6 Å². The molecule has 1 amide bonds. The number of hydrogen-bond acceptors (Lipinski definition) is 13. The van der Waals surface area contributed by atoms with Crippen LogP contribution >= 0.6 is 0 Å². The predicted molar refractivity (Wildman–Crippen MR) is 378 cm³/mol. The van der Waals surface area contributed by atoms with Crippen LogP contribution in [0.15, 0.2) is 36.5 Å². The van der Waals surface area contributed by atoms with Crippen LogP contribution in [0.5, 0.6) is 0 Å². The van der Waals surface area contributed by atoms with Crippen LogP contribution in [-0.2, 0) is 23.7 Å². The normalized spacial score (nSPS) is 22.8. The molecule has 2 aliphatic rings. The molecule has 0 aliphatic carbocycles. The summed E-state index contributed by atoms with van der Waals surface area (Å²) in [6, 6.07) is -0.938. The van der Waals surface area contributed by atoms with Crippen molar-refractivity contribution < 1.29 is 64.6 Å². The standard InChI is InChI=1S/C78H147NO13/c1-3-5-7-9-11-13-15-17-19-21-23-25-27-29-31-33-34-35-37-39-41-43-45-47-49-51-53-55-57-59-61-67(82)66(65-89-77-75(88)73(86)76(69(64-81)91-77)92-78-74(87)72(85)71(84)68(63-80)90-78)79-70(83)62-60-58-56-54-52-50-48-46-44-42-40-38-36-32-30-28-26-24-22-20-18-16-14-12-10-8-6-4-2/h43,45,51,53,59,61,66-69,71-78,80-82,84-88H,3-42,44,46-50,52,54-58,60,62-65H2,1-2H3,(H,79,83)/b45-43+,53-51+,61-59+. The van der Waals surface area contributed by atoms with Crippen molar-refractivity contribution in [1.82, 2.24) is 5.32 Å². The number of unbranched alkanes of at least 4 members (excludes halogenated alkanes) is 49. The lowest BCUT2D eigenvalue weighted by Gasteiger charge is -2.46. The van der Waals surface area contributed by atoms with Gasteiger partial charge in [0.15, 0.2) is 12.6 Å². The fraction of sp³-hybridized carbons (Fsp3) is 0.910. The van der Waals surface area contributed by atoms with Crippen molar-refractivity contribution in [1.29, 1.82) is 0 Å². The number of carbonyl (C=O) groups excluding carboxylic acids is 1. The maximum Gasteiger partial charge on any atom is 0.220 e. The minimum Gasteiger partial charge on any atom is -0.394 e. The first-order chi connectivity index (χ1) is 45.1. The quantitative estimate of drug-likeness (QED) is 0.0204. The minimum atomic E-state index is -1.79. The van der Waals surface area contributed by atoms with Crippen LogP contribution in [0.2, 0.25) is 0 Å². The molecule has 2 saturated heterocycles. The van der Waals surface area contributed by atoms with Gasteiger partial charge in [0.2, 0.25) is 5.91 Å². The number of aliphatic hydroxyl groups is 8. The van der Waals surface area contributed by atoms with E-state index in [1.54, 1.807) is 6.08 Å². The second kappa shape index (κ2) is 62.7. The van der Waals surface area contributed by atoms with Crippen LogP contribution in [0.4, 0.5) is 0 Å². The molecule has 12 unspecified atom stereocenters. The summed E-state index contributed by atoms with van der Waals surface area (Å²) in [4.78, 5) is 13.4. The third-order valence-electron chi connectivity index (χ3n) is 19.3. The van der Waals surface area contributed by atoms with Crippen molar-refractivity contribution in [2.75, 3.05) is 19.8 Å². The Bertz CT molecular complexity index is 1680. The molecule has 14 heteroatoms. The Hall–Kier alpha value is -1.79. The average Bonchev–Trinajstić information content (AvgIpc) is 0.827. The molecule has 0 spiro atoms. The molecular weight excluding hydrogens is 1160 g/mol. The lowest BCUT2D eigenvalue weighted by molar-refractivity contribution is -0.359. The van der Waals surface area contributed by atoms with Gasteiger partial charge < -0.3 is 65.1 Å². The zero-order valence-corrected chi connectivity index (χ0v) is 59.3. The minimum absolute atomic E-state index is 0.245. The number of ether oxygens (including phenoxy) is 4. The van der Waals surface area contributed by atoms with Gasteiger partial charge in [0.05, 0.1) is 32.0 Å². The molecule has 2 rings (SSSR count). The summed E-state index contributed by atoms with van der Waals surface area (Å²) in [5.74, 6) is -0.245. The first kappa shape index (κ1) is 86.3. The SMILES string of the molecule is CCCCCCCCCCCCCCCCCCCCCC/C=C/CC/C=C/CC/C=C/C(O)C(COC1OC(CO)C(OC2OC(CO)C(O)C(O)C2O)C(O)C1O)NC(=O)CCCCCCCCCCCCCCCCCCCCCCCCCCCCCC. The summed E-state index contributed by atoms with van der Waals surface area (Å²) in [5.41, 5.74) is 0. The van der Waals surface area contributed by atoms with E-state index in [1.807, 2.05) is 6.08 Å². The van der Waals surface area contributed by atoms with Gasteiger partial charge in [-0.05, 0) is 44.9 Å². The molecule has 0 aromatic heterocycles. The van der Waals surface area contributed by atoms with E-state index < -0.39 is 86.8 Å². The van der Waals surface area contributed by atoms with E-state index in [-0.39, 0.29) is 18.9 Å². The van der Waals surface area contributed by atoms with Gasteiger partial charge in [0.25, 0.3) is 0 Å². The summed E-state index contributed by atoms with van der Waals surface area (Å²) >= 11 is 0. The molecule has 12 atom stereocenters. The highest BCUT2D eigenvalue weighted by Crippen LogP contribution is 2.30. The van der Waals surface area contributed by atoms with Crippen molar-refractivity contribution in [3.8, 4) is 0 Å². The highest BCUT2D eigenvalue weighted by atomic mass is 16.7. The topological polar surface area (TPSA) is 228 Å². The van der Waals surface area contributed by atoms with Gasteiger partial charge in [0.1, 0.15) is 48.8 Å². The fourth-order valence-corrected chi connectivity index (χ4v) is 13.1. The molecule has 542 valence electrons. The Labute approximate surface area is 563 Å². The molecular formula is C78H147NO13. The number of nitrogens with one attached hydrogen (secondary N) is 1. The van der Waals surface area contributed by atoms with Crippen LogP contribution < -0.4 is 5.32 Å². The Morgan fingerprint density at radius 3 is 1.07 bits per heavy atom. The third-order valence-corrected chi connectivity index (χ3v) is 19.3. The largest absolute Gasteiger partial charge is 0.394 e. The lowest BCUT2D eigenvalue weighted by Crippen LogP contribution is -2.65. The van der Waals surface area contributed by atoms with Crippen molar-refractivity contribution in [2.45, 2.75) is 434 Å². The van der Waals surface area contributed by atoms with Crippen LogP contribution in [0, 0.1) is 0 Å². The maximum absolute atomic E-state index is 13.4. The molecule has 92 heavy (non-hydrogen) atoms. The van der Waals surface area contributed by atoms with Crippen LogP contribution in [0.1, 0.15) is 361 Å². The fourth-order valence-electron chi connectivity index (χ4n) is 13.1. The number of amides is 1. The summed E-state index contributed by atoms with van der Waals surface area (Å²) in [7, 11) is 0. The third kappa shape index (κ3) is 45.7. The van der Waals surface area contributed by atoms with E-state index in [0.717, 1.165) is 44.9 Å². The van der Waals surface area contributed by atoms with Crippen molar-refractivity contribution >= 4 is 5.91 Å². The summed E-state index contributed by atoms with van der Waals surface area (Å²) < 4.78 is 22.9. The van der Waals surface area contributed by atoms with Crippen molar-refractivity contribution in [2.24, 2.45) is 0 Å². The Balaban J connectivity index is 1.65. The molecule has 0 aromatic carbocycles. The zero-order chi connectivity index (χ0) is 66.6. The second-order valence-corrected chi connectivity index (χ2v) is 27.8. The number of carbonyl (C=O) groups is 1. The van der Waals surface area contributed by atoms with Crippen LogP contribution in [0.25, 0.3) is 0 Å². The first-order valence-corrected chi connectivity index (χ1v) is 39.2. The van der Waals surface area contributed by atoms with Gasteiger partial charge >= 0.3 is 0 Å². The molecule has 2 aliphatic heterocycles. The average molecular weight is 1310 g/mol. The number of allylic oxidation sites excluding steroid dienone is 5. The van der Waals surface area contributed by atoms with Crippen LogP contribution in [0.3, 0.4) is 0 Å². The molecule has 2 fully saturated rings. The molecule has 9 N–H and O–H groups in total. The monoisotopic (exact) mass is 1310 g/mol. The smallest absolute Gasteiger partial charge is 0.220 e. The summed E-state index contributed by atoms with van der Waals surface area (Å²) in [5, 5.41) is 87.6. The molecule has 0 aromatic rings. The first-order valence-electron chi connectivity index (χ1n) is 39.2. The number of rotatable bonds is 66. The van der Waals surface area contributed by atoms with E-state index in [2.05, 4.69) is 43.5 Å². The van der Waals surface area contributed by atoms with Crippen molar-refractivity contribution in [3.63, 3.8) is 0 Å². The summed E-state index contributed by atoms with van der Waals surface area (Å²) in [6.45, 7) is 2.84. The van der Waals surface area contributed by atoms with Gasteiger partial charge in [-0.3, -0.25) is 4.79 Å². The molecule has 0 bridgehead atoms. The van der Waals surface area contributed by atoms with E-state index in [4.69, 9.17) is 18.9 Å². The Kier molecular flexibility index (Phi) is 58.8. The highest BCUT2D eigenvalue weighted by molar-refractivity contribution is 5.76. The highest BCUT2D eigenvalue weighted by Gasteiger charge is 2.51. The molecule has 2 heterocycles. The summed E-state index contributed by atoms with van der Waals surface area (Å²) in [6.07, 6.45) is 65.2. The second-order valence-electron chi connectivity index (χ2n) is 27.8. The predicted octanol–water partition coefficient (Wildman–Crippen LogP) is 17.2. The number of aliphatic hydroxyl groups excluding tert-OH is 8. The number of hydrogen-bond donors (Lipinski definition) is 9. The van der Waals surface area contributed by atoms with E-state index in [1.165, 1.54) is 283 Å². The van der Waals surface area contributed by atoms with E-state index in [0.29, 0.717) is 12.8 Å². The Morgan fingerprint density at radius 1 is 0.380 bits per heavy atom. The van der Waals surface area contributed by atoms with Gasteiger partial charge in [-0.15, -0.1) is 0 Å². The van der Waals surface area contributed by atoms with Gasteiger partial charge in [0, 0.05) is 6.42 Å².